The maximum absolute atomic E-state index is 5.94. The first kappa shape index (κ1) is 12.9. The van der Waals surface area contributed by atoms with Crippen LogP contribution in [0.15, 0.2) is 29.1 Å². The summed E-state index contributed by atoms with van der Waals surface area (Å²) in [7, 11) is 1.64. The van der Waals surface area contributed by atoms with Crippen molar-refractivity contribution in [2.75, 3.05) is 19.4 Å². The number of thiazole rings is 1. The van der Waals surface area contributed by atoms with Crippen LogP contribution in [0.5, 0.6) is 5.75 Å². The third-order valence-corrected chi connectivity index (χ3v) is 3.35. The molecule has 0 saturated heterocycles. The van der Waals surface area contributed by atoms with Gasteiger partial charge in [0.25, 0.3) is 0 Å². The predicted octanol–water partition coefficient (Wildman–Crippen LogP) is 2.07. The monoisotopic (exact) mass is 263 g/mol. The van der Waals surface area contributed by atoms with Crippen LogP contribution >= 0.6 is 11.3 Å². The minimum atomic E-state index is 0.760. The summed E-state index contributed by atoms with van der Waals surface area (Å²) in [5, 5.41) is 5.43. The number of rotatable bonds is 6. The number of nitrogens with two attached hydrogens (primary N) is 1. The van der Waals surface area contributed by atoms with Crippen LogP contribution in [0.1, 0.15) is 11.3 Å². The lowest BCUT2D eigenvalue weighted by Crippen LogP contribution is -2.17. The summed E-state index contributed by atoms with van der Waals surface area (Å²) in [6, 6.07) is 5.76. The summed E-state index contributed by atoms with van der Waals surface area (Å²) >= 11 is 1.63. The first-order chi connectivity index (χ1) is 8.79. The van der Waals surface area contributed by atoms with Crippen molar-refractivity contribution >= 4 is 17.0 Å². The molecule has 0 fully saturated rings. The van der Waals surface area contributed by atoms with Crippen molar-refractivity contribution in [2.45, 2.75) is 13.0 Å². The van der Waals surface area contributed by atoms with Crippen LogP contribution in [-0.4, -0.2) is 18.6 Å². The van der Waals surface area contributed by atoms with Crippen LogP contribution in [0.3, 0.4) is 0 Å². The lowest BCUT2D eigenvalue weighted by Gasteiger charge is -2.08. The number of nitrogens with zero attached hydrogens (tertiary/aromatic N) is 1. The molecule has 4 nitrogen and oxygen atoms in total. The number of hydrogen-bond acceptors (Lipinski definition) is 5. The van der Waals surface area contributed by atoms with Gasteiger partial charge in [0.05, 0.1) is 18.3 Å². The number of benzene rings is 1. The van der Waals surface area contributed by atoms with E-state index in [4.69, 9.17) is 10.5 Å². The Labute approximate surface area is 111 Å². The molecule has 2 rings (SSSR count). The fourth-order valence-electron chi connectivity index (χ4n) is 1.66. The van der Waals surface area contributed by atoms with E-state index in [2.05, 4.69) is 15.7 Å². The molecule has 3 N–H and O–H groups in total. The number of ether oxygens (including phenoxy) is 1. The highest BCUT2D eigenvalue weighted by Gasteiger charge is 2.01. The van der Waals surface area contributed by atoms with E-state index in [1.165, 1.54) is 0 Å². The third-order valence-electron chi connectivity index (χ3n) is 2.71. The molecule has 1 aromatic heterocycles. The Morgan fingerprint density at radius 1 is 1.44 bits per heavy atom. The summed E-state index contributed by atoms with van der Waals surface area (Å²) in [4.78, 5) is 4.24. The zero-order valence-corrected chi connectivity index (χ0v) is 11.2. The van der Waals surface area contributed by atoms with E-state index >= 15 is 0 Å². The van der Waals surface area contributed by atoms with Gasteiger partial charge in [0.15, 0.2) is 0 Å². The van der Waals surface area contributed by atoms with Crippen LogP contribution in [0.25, 0.3) is 0 Å². The van der Waals surface area contributed by atoms with Crippen molar-refractivity contribution in [3.63, 3.8) is 0 Å². The van der Waals surface area contributed by atoms with Crippen molar-refractivity contribution < 1.29 is 4.74 Å². The fourth-order valence-corrected chi connectivity index (χ4v) is 2.25. The molecule has 5 heteroatoms. The smallest absolute Gasteiger partial charge is 0.120 e. The Hall–Kier alpha value is -1.59. The maximum atomic E-state index is 5.94. The number of nitrogen functional groups attached to an aromatic ring is 1. The van der Waals surface area contributed by atoms with Crippen molar-refractivity contribution in [1.82, 2.24) is 10.3 Å². The summed E-state index contributed by atoms with van der Waals surface area (Å²) in [6.07, 6.45) is 0.944. The number of methoxy groups -OCH3 is 1. The van der Waals surface area contributed by atoms with Gasteiger partial charge in [-0.25, -0.2) is 4.98 Å². The van der Waals surface area contributed by atoms with E-state index in [0.29, 0.717) is 0 Å². The molecule has 1 heterocycles. The van der Waals surface area contributed by atoms with Crippen molar-refractivity contribution in [3.05, 3.63) is 40.3 Å². The highest BCUT2D eigenvalue weighted by Crippen LogP contribution is 2.19. The molecule has 2 aromatic rings. The van der Waals surface area contributed by atoms with Crippen LogP contribution in [0.4, 0.5) is 5.69 Å². The van der Waals surface area contributed by atoms with Gasteiger partial charge < -0.3 is 15.8 Å². The Kier molecular flexibility index (Phi) is 4.55. The quantitative estimate of drug-likeness (QED) is 0.618. The Balaban J connectivity index is 1.79. The molecule has 0 atom stereocenters. The van der Waals surface area contributed by atoms with Crippen LogP contribution in [0, 0.1) is 0 Å². The average molecular weight is 263 g/mol. The van der Waals surface area contributed by atoms with Crippen LogP contribution in [-0.2, 0) is 13.0 Å². The molecule has 96 valence electrons. The van der Waals surface area contributed by atoms with Gasteiger partial charge in [0.1, 0.15) is 5.75 Å². The molecule has 0 saturated carbocycles. The second kappa shape index (κ2) is 6.37. The standard InChI is InChI=1S/C13H17N3OS/c1-17-12-3-2-10(13(14)6-12)7-15-5-4-11-8-18-9-16-11/h2-3,6,8-9,15H,4-5,7,14H2,1H3. The van der Waals surface area contributed by atoms with Gasteiger partial charge in [-0.1, -0.05) is 6.07 Å². The molecule has 0 radical (unpaired) electrons. The molecule has 1 aromatic carbocycles. The van der Waals surface area contributed by atoms with E-state index < -0.39 is 0 Å². The number of hydrogen-bond donors (Lipinski definition) is 2. The van der Waals surface area contributed by atoms with E-state index in [-0.39, 0.29) is 0 Å². The van der Waals surface area contributed by atoms with Crippen LogP contribution in [0.2, 0.25) is 0 Å². The van der Waals surface area contributed by atoms with Crippen molar-refractivity contribution in [1.29, 1.82) is 0 Å². The first-order valence-electron chi connectivity index (χ1n) is 5.80. The predicted molar refractivity (Wildman–Crippen MR) is 74.9 cm³/mol. The summed E-state index contributed by atoms with van der Waals surface area (Å²) in [5.74, 6) is 0.790. The molecular weight excluding hydrogens is 246 g/mol. The lowest BCUT2D eigenvalue weighted by atomic mass is 10.1. The highest BCUT2D eigenvalue weighted by atomic mass is 32.1. The Bertz CT molecular complexity index is 485. The number of anilines is 1. The first-order valence-corrected chi connectivity index (χ1v) is 6.74. The zero-order chi connectivity index (χ0) is 12.8. The van der Waals surface area contributed by atoms with E-state index in [0.717, 1.165) is 42.2 Å². The van der Waals surface area contributed by atoms with E-state index in [1.54, 1.807) is 18.4 Å². The number of nitrogens with one attached hydrogen (secondary N) is 1. The number of aromatic nitrogens is 1. The zero-order valence-electron chi connectivity index (χ0n) is 10.3. The van der Waals surface area contributed by atoms with E-state index in [9.17, 15) is 0 Å². The van der Waals surface area contributed by atoms with Gasteiger partial charge >= 0.3 is 0 Å². The second-order valence-electron chi connectivity index (χ2n) is 3.97. The Morgan fingerprint density at radius 2 is 2.33 bits per heavy atom. The Morgan fingerprint density at radius 3 is 3.00 bits per heavy atom. The molecular formula is C13H17N3OS. The second-order valence-corrected chi connectivity index (χ2v) is 4.69. The molecule has 0 aliphatic heterocycles. The highest BCUT2D eigenvalue weighted by molar-refractivity contribution is 7.07. The van der Waals surface area contributed by atoms with Gasteiger partial charge in [-0.2, -0.15) is 0 Å². The summed E-state index contributed by atoms with van der Waals surface area (Å²) in [5.41, 5.74) is 10.8. The van der Waals surface area contributed by atoms with Gasteiger partial charge in [-0.3, -0.25) is 0 Å². The minimum absolute atomic E-state index is 0.760. The van der Waals surface area contributed by atoms with Gasteiger partial charge in [0, 0.05) is 36.6 Å². The molecule has 0 spiro atoms. The van der Waals surface area contributed by atoms with E-state index in [1.807, 2.05) is 23.7 Å². The minimum Gasteiger partial charge on any atom is -0.497 e. The van der Waals surface area contributed by atoms with Gasteiger partial charge in [-0.05, 0) is 11.6 Å². The SMILES string of the molecule is COc1ccc(CNCCc2cscn2)c(N)c1. The topological polar surface area (TPSA) is 60.2 Å². The average Bonchev–Trinajstić information content (AvgIpc) is 2.89. The molecule has 0 amide bonds. The largest absolute Gasteiger partial charge is 0.497 e. The fraction of sp³-hybridized carbons (Fsp3) is 0.308. The molecule has 18 heavy (non-hydrogen) atoms. The molecule has 0 aliphatic rings. The maximum Gasteiger partial charge on any atom is 0.120 e. The summed E-state index contributed by atoms with van der Waals surface area (Å²) in [6.45, 7) is 1.66. The van der Waals surface area contributed by atoms with Gasteiger partial charge in [0.2, 0.25) is 0 Å². The molecule has 0 aliphatic carbocycles. The molecule has 0 bridgehead atoms. The van der Waals surface area contributed by atoms with Crippen molar-refractivity contribution in [2.24, 2.45) is 0 Å². The lowest BCUT2D eigenvalue weighted by molar-refractivity contribution is 0.415. The summed E-state index contributed by atoms with van der Waals surface area (Å²) < 4.78 is 5.12. The van der Waals surface area contributed by atoms with Crippen LogP contribution < -0.4 is 15.8 Å². The third kappa shape index (κ3) is 3.45. The van der Waals surface area contributed by atoms with Crippen molar-refractivity contribution in [3.8, 4) is 5.75 Å². The molecule has 0 unspecified atom stereocenters. The van der Waals surface area contributed by atoms with Gasteiger partial charge in [-0.15, -0.1) is 11.3 Å². The normalized spacial score (nSPS) is 10.5.